The molecule has 1 aliphatic heterocycles. The van der Waals surface area contributed by atoms with E-state index in [1.165, 1.54) is 29.7 Å². The Morgan fingerprint density at radius 2 is 1.96 bits per heavy atom. The van der Waals surface area contributed by atoms with Gasteiger partial charge in [-0.25, -0.2) is 0 Å². The van der Waals surface area contributed by atoms with Crippen molar-refractivity contribution in [1.29, 1.82) is 0 Å². The van der Waals surface area contributed by atoms with Crippen molar-refractivity contribution in [2.75, 3.05) is 27.8 Å². The van der Waals surface area contributed by atoms with Crippen LogP contribution in [0, 0.1) is 0 Å². The van der Waals surface area contributed by atoms with E-state index in [9.17, 15) is 5.11 Å². The van der Waals surface area contributed by atoms with Crippen LogP contribution >= 0.6 is 0 Å². The summed E-state index contributed by atoms with van der Waals surface area (Å²) in [4.78, 5) is 1.62. The standard InChI is InChI=1S/C19H27NO3/c1-20-9-6-12-10-15(22-2)18(23-3)17-16(12)14(20)11-19(17)7-4-13(21)5-8-19/h10,13-14,21H,4-9,11H2,1-3H3/p+1/t13?,14-,19?/m0/s1. The molecule has 2 aliphatic carbocycles. The van der Waals surface area contributed by atoms with Crippen molar-refractivity contribution < 1.29 is 19.5 Å². The SMILES string of the molecule is COc1cc2c3c(c1OC)C1(CCC(O)CC1)C[C@@H]3[NH+](C)CC2. The van der Waals surface area contributed by atoms with Crippen molar-refractivity contribution in [3.05, 3.63) is 22.8 Å². The molecule has 126 valence electrons. The van der Waals surface area contributed by atoms with E-state index >= 15 is 0 Å². The van der Waals surface area contributed by atoms with Gasteiger partial charge in [-0.05, 0) is 37.3 Å². The molecule has 0 bridgehead atoms. The van der Waals surface area contributed by atoms with Crippen molar-refractivity contribution in [1.82, 2.24) is 0 Å². The molecular weight excluding hydrogens is 290 g/mol. The highest BCUT2D eigenvalue weighted by Crippen LogP contribution is 2.58. The Bertz CT molecular complexity index is 620. The summed E-state index contributed by atoms with van der Waals surface area (Å²) in [7, 11) is 5.82. The lowest BCUT2D eigenvalue weighted by molar-refractivity contribution is -0.914. The van der Waals surface area contributed by atoms with Gasteiger partial charge in [0.2, 0.25) is 0 Å². The van der Waals surface area contributed by atoms with E-state index < -0.39 is 0 Å². The quantitative estimate of drug-likeness (QED) is 0.866. The Balaban J connectivity index is 1.93. The van der Waals surface area contributed by atoms with Gasteiger partial charge in [0.05, 0.1) is 33.9 Å². The van der Waals surface area contributed by atoms with Crippen LogP contribution in [0.3, 0.4) is 0 Å². The van der Waals surface area contributed by atoms with E-state index in [4.69, 9.17) is 9.47 Å². The van der Waals surface area contributed by atoms with Crippen molar-refractivity contribution in [3.63, 3.8) is 0 Å². The van der Waals surface area contributed by atoms with Crippen LogP contribution in [0.2, 0.25) is 0 Å². The van der Waals surface area contributed by atoms with Gasteiger partial charge in [0.15, 0.2) is 11.5 Å². The first-order valence-electron chi connectivity index (χ1n) is 8.88. The minimum atomic E-state index is -0.130. The van der Waals surface area contributed by atoms with Crippen LogP contribution in [0.1, 0.15) is 54.8 Å². The highest BCUT2D eigenvalue weighted by molar-refractivity contribution is 5.61. The summed E-state index contributed by atoms with van der Waals surface area (Å²) in [5.41, 5.74) is 4.56. The van der Waals surface area contributed by atoms with Crippen LogP contribution in [0.25, 0.3) is 0 Å². The lowest BCUT2D eigenvalue weighted by Gasteiger charge is -2.37. The zero-order chi connectivity index (χ0) is 16.2. The highest BCUT2D eigenvalue weighted by atomic mass is 16.5. The summed E-state index contributed by atoms with van der Waals surface area (Å²) in [6.07, 6.45) is 6.11. The van der Waals surface area contributed by atoms with Crippen LogP contribution in [0.5, 0.6) is 11.5 Å². The molecule has 1 fully saturated rings. The van der Waals surface area contributed by atoms with Gasteiger partial charge >= 0.3 is 0 Å². The molecule has 1 aromatic rings. The number of likely N-dealkylation sites (N-methyl/N-ethyl adjacent to an activating group) is 1. The molecule has 1 spiro atoms. The largest absolute Gasteiger partial charge is 0.493 e. The molecule has 4 rings (SSSR count). The molecule has 1 unspecified atom stereocenters. The van der Waals surface area contributed by atoms with Crippen LogP contribution < -0.4 is 14.4 Å². The first-order chi connectivity index (χ1) is 11.1. The van der Waals surface area contributed by atoms with E-state index in [-0.39, 0.29) is 11.5 Å². The maximum absolute atomic E-state index is 10.0. The van der Waals surface area contributed by atoms with E-state index in [2.05, 4.69) is 13.1 Å². The van der Waals surface area contributed by atoms with E-state index in [0.717, 1.165) is 43.6 Å². The van der Waals surface area contributed by atoms with Gasteiger partial charge in [-0.15, -0.1) is 0 Å². The second-order valence-corrected chi connectivity index (χ2v) is 7.67. The minimum absolute atomic E-state index is 0.130. The summed E-state index contributed by atoms with van der Waals surface area (Å²) < 4.78 is 11.5. The second-order valence-electron chi connectivity index (χ2n) is 7.67. The molecule has 0 aromatic heterocycles. The third-order valence-electron chi connectivity index (χ3n) is 6.56. The normalized spacial score (nSPS) is 35.2. The Hall–Kier alpha value is -1.26. The van der Waals surface area contributed by atoms with Gasteiger partial charge in [-0.2, -0.15) is 0 Å². The molecule has 3 aliphatic rings. The lowest BCUT2D eigenvalue weighted by atomic mass is 9.69. The molecule has 0 radical (unpaired) electrons. The second kappa shape index (κ2) is 5.38. The monoisotopic (exact) mass is 318 g/mol. The Labute approximate surface area is 138 Å². The third kappa shape index (κ3) is 2.11. The summed E-state index contributed by atoms with van der Waals surface area (Å²) in [5, 5.41) is 10.0. The fraction of sp³-hybridized carbons (Fsp3) is 0.684. The predicted molar refractivity (Wildman–Crippen MR) is 88.5 cm³/mol. The molecule has 1 heterocycles. The summed E-state index contributed by atoms with van der Waals surface area (Å²) in [6.45, 7) is 1.19. The predicted octanol–water partition coefficient (Wildman–Crippen LogP) is 1.39. The third-order valence-corrected chi connectivity index (χ3v) is 6.56. The summed E-state index contributed by atoms with van der Waals surface area (Å²) in [5.74, 6) is 1.83. The Morgan fingerprint density at radius 1 is 1.22 bits per heavy atom. The lowest BCUT2D eigenvalue weighted by Crippen LogP contribution is -3.10. The summed E-state index contributed by atoms with van der Waals surface area (Å²) >= 11 is 0. The molecule has 4 heteroatoms. The number of nitrogens with one attached hydrogen (secondary N) is 1. The van der Waals surface area contributed by atoms with Crippen LogP contribution in [0.4, 0.5) is 0 Å². The average molecular weight is 318 g/mol. The van der Waals surface area contributed by atoms with Gasteiger partial charge in [0, 0.05) is 29.4 Å². The van der Waals surface area contributed by atoms with Crippen molar-refractivity contribution in [2.45, 2.75) is 56.1 Å². The number of benzene rings is 1. The minimum Gasteiger partial charge on any atom is -0.493 e. The fourth-order valence-electron chi connectivity index (χ4n) is 5.32. The zero-order valence-corrected chi connectivity index (χ0v) is 14.4. The number of rotatable bonds is 2. The molecule has 1 saturated carbocycles. The molecular formula is C19H28NO3+. The average Bonchev–Trinajstić information content (AvgIpc) is 2.90. The molecule has 2 N–H and O–H groups in total. The number of ether oxygens (including phenoxy) is 2. The van der Waals surface area contributed by atoms with Crippen LogP contribution in [-0.4, -0.2) is 39.0 Å². The molecule has 1 aromatic carbocycles. The van der Waals surface area contributed by atoms with Crippen molar-refractivity contribution >= 4 is 0 Å². The fourth-order valence-corrected chi connectivity index (χ4v) is 5.32. The number of aliphatic hydroxyl groups is 1. The van der Waals surface area contributed by atoms with E-state index in [0.29, 0.717) is 6.04 Å². The van der Waals surface area contributed by atoms with Crippen molar-refractivity contribution in [2.24, 2.45) is 0 Å². The number of fused-ring (bicyclic) bond motifs is 1. The first-order valence-corrected chi connectivity index (χ1v) is 8.88. The van der Waals surface area contributed by atoms with Gasteiger partial charge in [0.25, 0.3) is 0 Å². The Morgan fingerprint density at radius 3 is 2.61 bits per heavy atom. The van der Waals surface area contributed by atoms with Crippen LogP contribution in [0.15, 0.2) is 6.07 Å². The zero-order valence-electron chi connectivity index (χ0n) is 14.4. The van der Waals surface area contributed by atoms with Gasteiger partial charge in [0.1, 0.15) is 6.04 Å². The smallest absolute Gasteiger partial charge is 0.164 e. The number of hydrogen-bond donors (Lipinski definition) is 2. The van der Waals surface area contributed by atoms with Gasteiger partial charge in [-0.3, -0.25) is 0 Å². The topological polar surface area (TPSA) is 43.1 Å². The molecule has 0 saturated heterocycles. The summed E-state index contributed by atoms with van der Waals surface area (Å²) in [6, 6.07) is 2.78. The van der Waals surface area contributed by atoms with Crippen LogP contribution in [-0.2, 0) is 11.8 Å². The maximum Gasteiger partial charge on any atom is 0.164 e. The van der Waals surface area contributed by atoms with Gasteiger partial charge in [-0.1, -0.05) is 0 Å². The van der Waals surface area contributed by atoms with E-state index in [1.54, 1.807) is 19.1 Å². The number of aliphatic hydroxyl groups excluding tert-OH is 1. The van der Waals surface area contributed by atoms with Crippen molar-refractivity contribution in [3.8, 4) is 11.5 Å². The molecule has 2 atom stereocenters. The maximum atomic E-state index is 10.0. The molecule has 23 heavy (non-hydrogen) atoms. The number of hydrogen-bond acceptors (Lipinski definition) is 3. The van der Waals surface area contributed by atoms with Gasteiger partial charge < -0.3 is 19.5 Å². The molecule has 4 nitrogen and oxygen atoms in total. The number of quaternary nitrogens is 1. The Kier molecular flexibility index (Phi) is 3.58. The van der Waals surface area contributed by atoms with E-state index in [1.807, 2.05) is 0 Å². The molecule has 0 amide bonds. The first kappa shape index (κ1) is 15.3. The highest BCUT2D eigenvalue weighted by Gasteiger charge is 2.53. The number of methoxy groups -OCH3 is 2.